The molecule has 30 heavy (non-hydrogen) atoms. The first-order valence-electron chi connectivity index (χ1n) is 9.37. The van der Waals surface area contributed by atoms with Crippen LogP contribution in [0.2, 0.25) is 0 Å². The molecule has 0 saturated carbocycles. The molecule has 0 atom stereocenters. The molecular formula is C23H21N3O4. The molecule has 0 unspecified atom stereocenters. The van der Waals surface area contributed by atoms with Crippen LogP contribution in [0.5, 0.6) is 11.5 Å². The summed E-state index contributed by atoms with van der Waals surface area (Å²) in [5.74, 6) is 2.03. The van der Waals surface area contributed by atoms with Gasteiger partial charge < -0.3 is 19.2 Å². The second kappa shape index (κ2) is 8.57. The maximum absolute atomic E-state index is 12.6. The monoisotopic (exact) mass is 403 g/mol. The molecule has 2 aromatic carbocycles. The molecule has 1 amide bonds. The Morgan fingerprint density at radius 1 is 1.07 bits per heavy atom. The fourth-order valence-electron chi connectivity index (χ4n) is 3.18. The Morgan fingerprint density at radius 3 is 2.73 bits per heavy atom. The van der Waals surface area contributed by atoms with Gasteiger partial charge in [0.1, 0.15) is 17.3 Å². The third kappa shape index (κ3) is 4.20. The zero-order chi connectivity index (χ0) is 20.9. The number of hydrogen-bond donors (Lipinski definition) is 2. The molecule has 4 aromatic rings. The number of furan rings is 1. The number of aromatic amines is 1. The summed E-state index contributed by atoms with van der Waals surface area (Å²) >= 11 is 0. The van der Waals surface area contributed by atoms with Crippen molar-refractivity contribution in [3.8, 4) is 22.8 Å². The molecule has 152 valence electrons. The van der Waals surface area contributed by atoms with Gasteiger partial charge in [-0.05, 0) is 48.5 Å². The smallest absolute Gasteiger partial charge is 0.291 e. The lowest BCUT2D eigenvalue weighted by Crippen LogP contribution is -2.10. The van der Waals surface area contributed by atoms with Crippen molar-refractivity contribution in [3.05, 3.63) is 83.9 Å². The highest BCUT2D eigenvalue weighted by atomic mass is 16.5. The number of nitrogens with one attached hydrogen (secondary N) is 2. The Bertz CT molecular complexity index is 1150. The van der Waals surface area contributed by atoms with Gasteiger partial charge in [-0.3, -0.25) is 9.89 Å². The summed E-state index contributed by atoms with van der Waals surface area (Å²) in [6, 6.07) is 18.4. The van der Waals surface area contributed by atoms with E-state index >= 15 is 0 Å². The van der Waals surface area contributed by atoms with E-state index in [1.165, 1.54) is 0 Å². The minimum Gasteiger partial charge on any atom is -0.497 e. The largest absolute Gasteiger partial charge is 0.497 e. The van der Waals surface area contributed by atoms with Gasteiger partial charge in [0.25, 0.3) is 5.91 Å². The maximum atomic E-state index is 12.6. The Hall–Kier alpha value is -4.00. The average Bonchev–Trinajstić information content (AvgIpc) is 3.46. The number of rotatable bonds is 7. The normalized spacial score (nSPS) is 10.6. The average molecular weight is 403 g/mol. The van der Waals surface area contributed by atoms with Gasteiger partial charge >= 0.3 is 0 Å². The van der Waals surface area contributed by atoms with E-state index in [1.54, 1.807) is 32.5 Å². The van der Waals surface area contributed by atoms with Gasteiger partial charge in [0.05, 0.1) is 19.9 Å². The first-order valence-corrected chi connectivity index (χ1v) is 9.37. The van der Waals surface area contributed by atoms with Crippen LogP contribution in [0.15, 0.2) is 71.3 Å². The number of benzene rings is 2. The quantitative estimate of drug-likeness (QED) is 0.473. The molecule has 0 radical (unpaired) electrons. The fourth-order valence-corrected chi connectivity index (χ4v) is 3.18. The van der Waals surface area contributed by atoms with Crippen molar-refractivity contribution >= 4 is 11.6 Å². The summed E-state index contributed by atoms with van der Waals surface area (Å²) in [7, 11) is 3.23. The van der Waals surface area contributed by atoms with Crippen molar-refractivity contribution in [3.63, 3.8) is 0 Å². The van der Waals surface area contributed by atoms with Crippen LogP contribution in [0, 0.1) is 0 Å². The highest BCUT2D eigenvalue weighted by molar-refractivity contribution is 6.02. The van der Waals surface area contributed by atoms with Crippen molar-refractivity contribution in [2.75, 3.05) is 19.5 Å². The molecule has 4 rings (SSSR count). The number of carbonyl (C=O) groups excluding carboxylic acids is 1. The number of hydrogen-bond acceptors (Lipinski definition) is 5. The zero-order valence-electron chi connectivity index (χ0n) is 16.6. The topological polar surface area (TPSA) is 89.4 Å². The molecule has 7 nitrogen and oxygen atoms in total. The van der Waals surface area contributed by atoms with Crippen LogP contribution in [-0.4, -0.2) is 30.3 Å². The van der Waals surface area contributed by atoms with Gasteiger partial charge in [-0.2, -0.15) is 5.10 Å². The standard InChI is InChI=1S/C23H21N3O4/c1-28-18-6-8-21(29-2)16(13-18)14-19-7-9-22(30-19)23(27)25-17-5-3-4-15(12-17)20-10-11-24-26-20/h3-13H,14H2,1-2H3,(H,24,26)(H,25,27). The van der Waals surface area contributed by atoms with E-state index in [2.05, 4.69) is 15.5 Å². The number of amides is 1. The van der Waals surface area contributed by atoms with Gasteiger partial charge in [-0.25, -0.2) is 0 Å². The molecule has 2 heterocycles. The minimum absolute atomic E-state index is 0.235. The SMILES string of the molecule is COc1ccc(OC)c(Cc2ccc(C(=O)Nc3cccc(-c4ccn[nH]4)c3)o2)c1. The highest BCUT2D eigenvalue weighted by Crippen LogP contribution is 2.27. The van der Waals surface area contributed by atoms with E-state index in [9.17, 15) is 4.79 Å². The first-order chi connectivity index (χ1) is 14.7. The highest BCUT2D eigenvalue weighted by Gasteiger charge is 2.14. The summed E-state index contributed by atoms with van der Waals surface area (Å²) in [6.45, 7) is 0. The molecule has 0 bridgehead atoms. The predicted octanol–water partition coefficient (Wildman–Crippen LogP) is 4.53. The molecule has 2 aromatic heterocycles. The van der Waals surface area contributed by atoms with Crippen molar-refractivity contribution in [2.45, 2.75) is 6.42 Å². The first kappa shape index (κ1) is 19.3. The molecular weight excluding hydrogens is 382 g/mol. The van der Waals surface area contributed by atoms with E-state index in [4.69, 9.17) is 13.9 Å². The number of H-pyrrole nitrogens is 1. The molecule has 7 heteroatoms. The molecule has 0 fully saturated rings. The fraction of sp³-hybridized carbons (Fsp3) is 0.130. The zero-order valence-corrected chi connectivity index (χ0v) is 16.6. The second-order valence-corrected chi connectivity index (χ2v) is 6.63. The van der Waals surface area contributed by atoms with Crippen molar-refractivity contribution in [1.82, 2.24) is 10.2 Å². The minimum atomic E-state index is -0.319. The summed E-state index contributed by atoms with van der Waals surface area (Å²) in [4.78, 5) is 12.6. The number of ether oxygens (including phenoxy) is 2. The lowest BCUT2D eigenvalue weighted by molar-refractivity contribution is 0.0995. The summed E-state index contributed by atoms with van der Waals surface area (Å²) in [6.07, 6.45) is 2.16. The maximum Gasteiger partial charge on any atom is 0.291 e. The number of nitrogens with zero attached hydrogens (tertiary/aromatic N) is 1. The van der Waals surface area contributed by atoms with Crippen LogP contribution >= 0.6 is 0 Å². The lowest BCUT2D eigenvalue weighted by atomic mass is 10.1. The number of methoxy groups -OCH3 is 2. The third-order valence-corrected chi connectivity index (χ3v) is 4.67. The van der Waals surface area contributed by atoms with Crippen LogP contribution in [0.25, 0.3) is 11.3 Å². The van der Waals surface area contributed by atoms with Gasteiger partial charge in [-0.1, -0.05) is 12.1 Å². The van der Waals surface area contributed by atoms with E-state index in [-0.39, 0.29) is 11.7 Å². The Balaban J connectivity index is 1.48. The summed E-state index contributed by atoms with van der Waals surface area (Å²) in [5.41, 5.74) is 3.37. The van der Waals surface area contributed by atoms with Crippen LogP contribution in [0.3, 0.4) is 0 Å². The van der Waals surface area contributed by atoms with Crippen LogP contribution in [0.4, 0.5) is 5.69 Å². The van der Waals surface area contributed by atoms with Crippen molar-refractivity contribution < 1.29 is 18.7 Å². The van der Waals surface area contributed by atoms with E-state index in [1.807, 2.05) is 48.5 Å². The summed E-state index contributed by atoms with van der Waals surface area (Å²) in [5, 5.41) is 9.73. The van der Waals surface area contributed by atoms with Gasteiger partial charge in [0, 0.05) is 29.4 Å². The molecule has 0 aliphatic rings. The Kier molecular flexibility index (Phi) is 5.52. The lowest BCUT2D eigenvalue weighted by Gasteiger charge is -2.09. The number of anilines is 1. The van der Waals surface area contributed by atoms with E-state index in [0.29, 0.717) is 17.9 Å². The molecule has 0 saturated heterocycles. The number of carbonyl (C=O) groups is 1. The number of aromatic nitrogens is 2. The van der Waals surface area contributed by atoms with Gasteiger partial charge in [0.15, 0.2) is 5.76 Å². The second-order valence-electron chi connectivity index (χ2n) is 6.63. The molecule has 0 aliphatic heterocycles. The Labute approximate surface area is 173 Å². The Morgan fingerprint density at radius 2 is 1.97 bits per heavy atom. The van der Waals surface area contributed by atoms with E-state index < -0.39 is 0 Å². The summed E-state index contributed by atoms with van der Waals surface area (Å²) < 4.78 is 16.5. The van der Waals surface area contributed by atoms with Crippen LogP contribution < -0.4 is 14.8 Å². The van der Waals surface area contributed by atoms with E-state index in [0.717, 1.165) is 28.3 Å². The van der Waals surface area contributed by atoms with Crippen LogP contribution in [0.1, 0.15) is 21.9 Å². The van der Waals surface area contributed by atoms with Crippen molar-refractivity contribution in [1.29, 1.82) is 0 Å². The molecule has 2 N–H and O–H groups in total. The van der Waals surface area contributed by atoms with Crippen molar-refractivity contribution in [2.24, 2.45) is 0 Å². The molecule has 0 aliphatic carbocycles. The predicted molar refractivity (Wildman–Crippen MR) is 113 cm³/mol. The van der Waals surface area contributed by atoms with Crippen LogP contribution in [-0.2, 0) is 6.42 Å². The third-order valence-electron chi connectivity index (χ3n) is 4.67. The molecule has 0 spiro atoms. The van der Waals surface area contributed by atoms with Gasteiger partial charge in [-0.15, -0.1) is 0 Å². The van der Waals surface area contributed by atoms with Gasteiger partial charge in [0.2, 0.25) is 0 Å².